The summed E-state index contributed by atoms with van der Waals surface area (Å²) in [5.74, 6) is 1.87. The van der Waals surface area contributed by atoms with Gasteiger partial charge in [0.1, 0.15) is 11.6 Å². The molecule has 7 nitrogen and oxygen atoms in total. The third-order valence-corrected chi connectivity index (χ3v) is 5.13. The minimum absolute atomic E-state index is 0.0853. The highest BCUT2D eigenvalue weighted by molar-refractivity contribution is 6.30. The van der Waals surface area contributed by atoms with E-state index in [-0.39, 0.29) is 12.5 Å². The van der Waals surface area contributed by atoms with Crippen LogP contribution in [0.1, 0.15) is 18.5 Å². The van der Waals surface area contributed by atoms with Crippen LogP contribution in [0, 0.1) is 6.92 Å². The first-order valence-corrected chi connectivity index (χ1v) is 10.6. The van der Waals surface area contributed by atoms with Gasteiger partial charge in [-0.3, -0.25) is 4.79 Å². The number of halogens is 1. The fourth-order valence-corrected chi connectivity index (χ4v) is 3.48. The lowest BCUT2D eigenvalue weighted by molar-refractivity contribution is -0.118. The monoisotopic (exact) mass is 437 g/mol. The van der Waals surface area contributed by atoms with Crippen LogP contribution in [-0.4, -0.2) is 35.6 Å². The summed E-state index contributed by atoms with van der Waals surface area (Å²) in [4.78, 5) is 23.5. The number of hydrogen-bond acceptors (Lipinski definition) is 6. The zero-order valence-electron chi connectivity index (χ0n) is 17.3. The molecule has 0 saturated carbocycles. The summed E-state index contributed by atoms with van der Waals surface area (Å²) in [6, 6.07) is 16.3. The van der Waals surface area contributed by atoms with Crippen molar-refractivity contribution < 1.29 is 9.53 Å². The second-order valence-electron chi connectivity index (χ2n) is 7.38. The van der Waals surface area contributed by atoms with Gasteiger partial charge in [-0.1, -0.05) is 11.6 Å². The molecule has 2 N–H and O–H groups in total. The average molecular weight is 438 g/mol. The van der Waals surface area contributed by atoms with Gasteiger partial charge in [-0.05, 0) is 68.3 Å². The van der Waals surface area contributed by atoms with E-state index in [0.29, 0.717) is 22.4 Å². The van der Waals surface area contributed by atoms with E-state index in [1.165, 1.54) is 12.8 Å². The predicted octanol–water partition coefficient (Wildman–Crippen LogP) is 4.80. The molecular formula is C23H24ClN5O2. The molecule has 0 bridgehead atoms. The topological polar surface area (TPSA) is 79.4 Å². The van der Waals surface area contributed by atoms with E-state index in [9.17, 15) is 4.79 Å². The summed E-state index contributed by atoms with van der Waals surface area (Å²) in [5, 5.41) is 6.68. The maximum absolute atomic E-state index is 12.1. The van der Waals surface area contributed by atoms with Crippen molar-refractivity contribution in [2.24, 2.45) is 0 Å². The maximum atomic E-state index is 12.1. The normalized spacial score (nSPS) is 13.2. The van der Waals surface area contributed by atoms with Gasteiger partial charge in [0, 0.05) is 41.2 Å². The minimum atomic E-state index is -0.243. The Bertz CT molecular complexity index is 1030. The van der Waals surface area contributed by atoms with Crippen molar-refractivity contribution in [2.75, 3.05) is 35.2 Å². The van der Waals surface area contributed by atoms with Gasteiger partial charge in [-0.25, -0.2) is 4.98 Å². The van der Waals surface area contributed by atoms with Crippen LogP contribution < -0.4 is 20.3 Å². The number of ether oxygens (including phenoxy) is 1. The van der Waals surface area contributed by atoms with Crippen molar-refractivity contribution in [3.05, 3.63) is 65.3 Å². The zero-order valence-corrected chi connectivity index (χ0v) is 18.0. The number of aryl methyl sites for hydroxylation is 1. The molecule has 1 amide bonds. The molecular weight excluding hydrogens is 414 g/mol. The van der Waals surface area contributed by atoms with Crippen LogP contribution in [0.3, 0.4) is 0 Å². The molecule has 1 fully saturated rings. The molecule has 0 aliphatic carbocycles. The van der Waals surface area contributed by atoms with Gasteiger partial charge in [-0.15, -0.1) is 0 Å². The maximum Gasteiger partial charge on any atom is 0.262 e. The summed E-state index contributed by atoms with van der Waals surface area (Å²) in [6.07, 6.45) is 2.40. The van der Waals surface area contributed by atoms with E-state index in [2.05, 4.69) is 25.5 Å². The minimum Gasteiger partial charge on any atom is -0.484 e. The van der Waals surface area contributed by atoms with E-state index in [0.717, 1.165) is 30.3 Å². The standard InChI is InChI=1S/C23H24ClN5O2/c1-16-14-21(29-12-2-3-13-29)28-23(25-16)27-19-8-6-18(7-9-19)26-22(30)15-31-20-10-4-17(24)5-11-20/h4-11,14H,2-3,12-13,15H2,1H3,(H,26,30)(H,25,27,28). The number of hydrogen-bond donors (Lipinski definition) is 2. The van der Waals surface area contributed by atoms with Crippen LogP contribution in [0.2, 0.25) is 5.02 Å². The Morgan fingerprint density at radius 1 is 1.03 bits per heavy atom. The second-order valence-corrected chi connectivity index (χ2v) is 7.81. The number of amides is 1. The van der Waals surface area contributed by atoms with Crippen molar-refractivity contribution in [2.45, 2.75) is 19.8 Å². The number of carbonyl (C=O) groups excluding carboxylic acids is 1. The van der Waals surface area contributed by atoms with Crippen molar-refractivity contribution in [1.29, 1.82) is 0 Å². The molecule has 2 heterocycles. The van der Waals surface area contributed by atoms with Crippen molar-refractivity contribution in [3.8, 4) is 5.75 Å². The Morgan fingerprint density at radius 2 is 1.71 bits per heavy atom. The highest BCUT2D eigenvalue weighted by atomic mass is 35.5. The summed E-state index contributed by atoms with van der Waals surface area (Å²) in [6.45, 7) is 3.95. The third-order valence-electron chi connectivity index (χ3n) is 4.88. The molecule has 3 aromatic rings. The SMILES string of the molecule is Cc1cc(N2CCCC2)nc(Nc2ccc(NC(=O)COc3ccc(Cl)cc3)cc2)n1. The first-order valence-electron chi connectivity index (χ1n) is 10.2. The number of nitrogens with one attached hydrogen (secondary N) is 2. The van der Waals surface area contributed by atoms with E-state index in [1.54, 1.807) is 24.3 Å². The molecule has 0 spiro atoms. The molecule has 0 unspecified atom stereocenters. The molecule has 160 valence electrons. The number of aromatic nitrogens is 2. The molecule has 1 aliphatic rings. The largest absolute Gasteiger partial charge is 0.484 e. The van der Waals surface area contributed by atoms with Gasteiger partial charge in [0.05, 0.1) is 0 Å². The third kappa shape index (κ3) is 5.86. The van der Waals surface area contributed by atoms with Crippen molar-refractivity contribution in [3.63, 3.8) is 0 Å². The van der Waals surface area contributed by atoms with Gasteiger partial charge in [0.25, 0.3) is 5.91 Å². The van der Waals surface area contributed by atoms with E-state index in [1.807, 2.05) is 37.3 Å². The van der Waals surface area contributed by atoms with Crippen LogP contribution in [0.5, 0.6) is 5.75 Å². The molecule has 0 atom stereocenters. The number of benzene rings is 2. The van der Waals surface area contributed by atoms with E-state index in [4.69, 9.17) is 16.3 Å². The van der Waals surface area contributed by atoms with Crippen LogP contribution in [0.15, 0.2) is 54.6 Å². The Morgan fingerprint density at radius 3 is 2.42 bits per heavy atom. The summed E-state index contributed by atoms with van der Waals surface area (Å²) in [7, 11) is 0. The molecule has 1 aromatic heterocycles. The predicted molar refractivity (Wildman–Crippen MR) is 124 cm³/mol. The molecule has 8 heteroatoms. The highest BCUT2D eigenvalue weighted by Gasteiger charge is 2.15. The lowest BCUT2D eigenvalue weighted by Gasteiger charge is -2.17. The Kier molecular flexibility index (Phi) is 6.52. The average Bonchev–Trinajstić information content (AvgIpc) is 3.29. The fourth-order valence-electron chi connectivity index (χ4n) is 3.36. The van der Waals surface area contributed by atoms with Gasteiger partial charge < -0.3 is 20.3 Å². The number of nitrogens with zero attached hydrogens (tertiary/aromatic N) is 3. The number of anilines is 4. The molecule has 31 heavy (non-hydrogen) atoms. The first kappa shape index (κ1) is 20.9. The second kappa shape index (κ2) is 9.66. The quantitative estimate of drug-likeness (QED) is 0.552. The summed E-state index contributed by atoms with van der Waals surface area (Å²) in [5.41, 5.74) is 2.44. The molecule has 1 aliphatic heterocycles. The number of carbonyl (C=O) groups is 1. The van der Waals surface area contributed by atoms with Gasteiger partial charge in [0.15, 0.2) is 6.61 Å². The van der Waals surface area contributed by atoms with Gasteiger partial charge in [0.2, 0.25) is 5.95 Å². The summed E-state index contributed by atoms with van der Waals surface area (Å²) >= 11 is 5.84. The Balaban J connectivity index is 1.33. The van der Waals surface area contributed by atoms with Crippen molar-refractivity contribution in [1.82, 2.24) is 9.97 Å². The fraction of sp³-hybridized carbons (Fsp3) is 0.261. The van der Waals surface area contributed by atoms with Crippen molar-refractivity contribution >= 4 is 40.6 Å². The van der Waals surface area contributed by atoms with E-state index >= 15 is 0 Å². The van der Waals surface area contributed by atoms with Gasteiger partial charge >= 0.3 is 0 Å². The van der Waals surface area contributed by atoms with E-state index < -0.39 is 0 Å². The summed E-state index contributed by atoms with van der Waals surface area (Å²) < 4.78 is 5.46. The van der Waals surface area contributed by atoms with Crippen LogP contribution in [-0.2, 0) is 4.79 Å². The highest BCUT2D eigenvalue weighted by Crippen LogP contribution is 2.22. The van der Waals surface area contributed by atoms with Crippen LogP contribution >= 0.6 is 11.6 Å². The Labute approximate surface area is 186 Å². The first-order chi connectivity index (χ1) is 15.0. The van der Waals surface area contributed by atoms with Crippen LogP contribution in [0.25, 0.3) is 0 Å². The lowest BCUT2D eigenvalue weighted by atomic mass is 10.3. The number of rotatable bonds is 7. The Hall–Kier alpha value is -3.32. The lowest BCUT2D eigenvalue weighted by Crippen LogP contribution is -2.20. The van der Waals surface area contributed by atoms with Gasteiger partial charge in [-0.2, -0.15) is 4.98 Å². The molecule has 1 saturated heterocycles. The molecule has 0 radical (unpaired) electrons. The smallest absolute Gasteiger partial charge is 0.262 e. The molecule has 2 aromatic carbocycles. The zero-order chi connectivity index (χ0) is 21.6. The van der Waals surface area contributed by atoms with Crippen LogP contribution in [0.4, 0.5) is 23.1 Å². The molecule has 4 rings (SSSR count).